The van der Waals surface area contributed by atoms with Crippen LogP contribution in [0.2, 0.25) is 5.02 Å². The lowest BCUT2D eigenvalue weighted by Gasteiger charge is -2.22. The fraction of sp³-hybridized carbons (Fsp3) is 0.304. The highest BCUT2D eigenvalue weighted by Gasteiger charge is 2.23. The summed E-state index contributed by atoms with van der Waals surface area (Å²) in [5, 5.41) is 7.92. The third-order valence-corrected chi connectivity index (χ3v) is 5.64. The molecule has 0 bridgehead atoms. The van der Waals surface area contributed by atoms with E-state index in [1.807, 2.05) is 19.9 Å². The van der Waals surface area contributed by atoms with Crippen LogP contribution in [0.1, 0.15) is 28.2 Å². The van der Waals surface area contributed by atoms with E-state index in [0.717, 1.165) is 11.4 Å². The molecule has 1 aromatic carbocycles. The first kappa shape index (κ1) is 21.8. The quantitative estimate of drug-likeness (QED) is 0.652. The topological polar surface area (TPSA) is 83.4 Å². The molecule has 3 heterocycles. The number of rotatable bonds is 3. The van der Waals surface area contributed by atoms with Gasteiger partial charge in [-0.25, -0.2) is 14.5 Å². The SMILES string of the molecule is Cc1cc(C)n(-c2ccc(C(=O)N3CCCN(C(=O)Nc4ccc(Cl)cc4)CC3)cn2)n1. The Kier molecular flexibility index (Phi) is 6.41. The van der Waals surface area contributed by atoms with Crippen LogP contribution >= 0.6 is 11.6 Å². The summed E-state index contributed by atoms with van der Waals surface area (Å²) in [6.45, 7) is 5.99. The van der Waals surface area contributed by atoms with Crippen LogP contribution in [-0.4, -0.2) is 62.7 Å². The first-order chi connectivity index (χ1) is 15.4. The average molecular weight is 453 g/mol. The van der Waals surface area contributed by atoms with Gasteiger partial charge in [-0.1, -0.05) is 11.6 Å². The molecule has 1 aliphatic heterocycles. The van der Waals surface area contributed by atoms with Gasteiger partial charge in [0.2, 0.25) is 0 Å². The fourth-order valence-corrected chi connectivity index (χ4v) is 3.87. The monoisotopic (exact) mass is 452 g/mol. The summed E-state index contributed by atoms with van der Waals surface area (Å²) < 4.78 is 1.76. The molecule has 1 aliphatic rings. The second kappa shape index (κ2) is 9.40. The van der Waals surface area contributed by atoms with Gasteiger partial charge in [0.05, 0.1) is 11.3 Å². The highest BCUT2D eigenvalue weighted by Crippen LogP contribution is 2.16. The van der Waals surface area contributed by atoms with E-state index >= 15 is 0 Å². The van der Waals surface area contributed by atoms with Crippen molar-refractivity contribution in [3.63, 3.8) is 0 Å². The van der Waals surface area contributed by atoms with Gasteiger partial charge in [-0.3, -0.25) is 4.79 Å². The minimum Gasteiger partial charge on any atom is -0.337 e. The van der Waals surface area contributed by atoms with E-state index in [1.165, 1.54) is 0 Å². The number of benzene rings is 1. The van der Waals surface area contributed by atoms with Crippen LogP contribution in [0.25, 0.3) is 5.82 Å². The predicted octanol–water partition coefficient (Wildman–Crippen LogP) is 3.92. The molecule has 0 spiro atoms. The van der Waals surface area contributed by atoms with Gasteiger partial charge in [0.15, 0.2) is 5.82 Å². The summed E-state index contributed by atoms with van der Waals surface area (Å²) in [4.78, 5) is 33.5. The number of hydrogen-bond acceptors (Lipinski definition) is 4. The maximum Gasteiger partial charge on any atom is 0.321 e. The zero-order valence-corrected chi connectivity index (χ0v) is 18.8. The fourth-order valence-electron chi connectivity index (χ4n) is 3.74. The Balaban J connectivity index is 1.37. The molecule has 0 saturated carbocycles. The first-order valence-electron chi connectivity index (χ1n) is 10.5. The lowest BCUT2D eigenvalue weighted by Crippen LogP contribution is -2.39. The molecule has 2 aromatic heterocycles. The number of urea groups is 1. The number of aryl methyl sites for hydroxylation is 2. The number of nitrogens with one attached hydrogen (secondary N) is 1. The highest BCUT2D eigenvalue weighted by atomic mass is 35.5. The Morgan fingerprint density at radius 3 is 2.34 bits per heavy atom. The van der Waals surface area contributed by atoms with Crippen molar-refractivity contribution in [3.05, 3.63) is 70.6 Å². The number of amides is 3. The molecule has 3 amide bonds. The molecule has 0 atom stereocenters. The first-order valence-corrected chi connectivity index (χ1v) is 10.9. The van der Waals surface area contributed by atoms with Crippen molar-refractivity contribution in [1.29, 1.82) is 0 Å². The summed E-state index contributed by atoms with van der Waals surface area (Å²) in [5.74, 6) is 0.588. The van der Waals surface area contributed by atoms with Gasteiger partial charge < -0.3 is 15.1 Å². The summed E-state index contributed by atoms with van der Waals surface area (Å²) >= 11 is 5.89. The van der Waals surface area contributed by atoms with Crippen molar-refractivity contribution in [2.45, 2.75) is 20.3 Å². The number of hydrogen-bond donors (Lipinski definition) is 1. The summed E-state index contributed by atoms with van der Waals surface area (Å²) in [6, 6.07) is 12.4. The molecule has 4 rings (SSSR count). The number of aromatic nitrogens is 3. The van der Waals surface area contributed by atoms with Gasteiger partial charge in [-0.2, -0.15) is 5.10 Å². The molecule has 0 radical (unpaired) electrons. The molecule has 0 aliphatic carbocycles. The predicted molar refractivity (Wildman–Crippen MR) is 123 cm³/mol. The zero-order chi connectivity index (χ0) is 22.7. The molecule has 3 aromatic rings. The summed E-state index contributed by atoms with van der Waals surface area (Å²) in [5.41, 5.74) is 3.11. The standard InChI is InChI=1S/C23H25ClN6O2/c1-16-14-17(2)30(27-16)21-9-4-18(15-25-21)22(31)28-10-3-11-29(13-12-28)23(32)26-20-7-5-19(24)6-8-20/h4-9,14-15H,3,10-13H2,1-2H3,(H,26,32). The Morgan fingerprint density at radius 2 is 1.69 bits per heavy atom. The molecule has 1 N–H and O–H groups in total. The molecule has 0 unspecified atom stereocenters. The third-order valence-electron chi connectivity index (χ3n) is 5.39. The second-order valence-electron chi connectivity index (χ2n) is 7.81. The molecular formula is C23H25ClN6O2. The maximum absolute atomic E-state index is 13.0. The van der Waals surface area contributed by atoms with Crippen LogP contribution in [0.4, 0.5) is 10.5 Å². The number of nitrogens with zero attached hydrogens (tertiary/aromatic N) is 5. The molecule has 8 nitrogen and oxygen atoms in total. The molecule has 1 fully saturated rings. The third kappa shape index (κ3) is 4.91. The van der Waals surface area contributed by atoms with E-state index in [9.17, 15) is 9.59 Å². The smallest absolute Gasteiger partial charge is 0.321 e. The second-order valence-corrected chi connectivity index (χ2v) is 8.25. The van der Waals surface area contributed by atoms with Crippen molar-refractivity contribution < 1.29 is 9.59 Å². The number of anilines is 1. The van der Waals surface area contributed by atoms with Gasteiger partial charge in [-0.05, 0) is 62.7 Å². The highest BCUT2D eigenvalue weighted by molar-refractivity contribution is 6.30. The molecule has 9 heteroatoms. The van der Waals surface area contributed by atoms with Crippen LogP contribution < -0.4 is 5.32 Å². The number of halogens is 1. The van der Waals surface area contributed by atoms with Crippen LogP contribution in [0.15, 0.2) is 48.7 Å². The Labute approximate surface area is 191 Å². The van der Waals surface area contributed by atoms with Gasteiger partial charge >= 0.3 is 6.03 Å². The minimum atomic E-state index is -0.183. The Bertz CT molecular complexity index is 1110. The van der Waals surface area contributed by atoms with Crippen LogP contribution in [0.3, 0.4) is 0 Å². The van der Waals surface area contributed by atoms with Gasteiger partial charge in [0, 0.05) is 48.8 Å². The van der Waals surface area contributed by atoms with Gasteiger partial charge in [0.1, 0.15) is 0 Å². The molecular weight excluding hydrogens is 428 g/mol. The minimum absolute atomic E-state index is 0.0858. The number of carbonyl (C=O) groups is 2. The largest absolute Gasteiger partial charge is 0.337 e. The van der Waals surface area contributed by atoms with Crippen LogP contribution in [0.5, 0.6) is 0 Å². The van der Waals surface area contributed by atoms with Gasteiger partial charge in [-0.15, -0.1) is 0 Å². The van der Waals surface area contributed by atoms with Crippen LogP contribution in [0, 0.1) is 13.8 Å². The van der Waals surface area contributed by atoms with Crippen molar-refractivity contribution >= 4 is 29.2 Å². The van der Waals surface area contributed by atoms with E-state index < -0.39 is 0 Å². The Morgan fingerprint density at radius 1 is 0.969 bits per heavy atom. The van der Waals surface area contributed by atoms with E-state index in [4.69, 9.17) is 11.6 Å². The van der Waals surface area contributed by atoms with Crippen molar-refractivity contribution in [3.8, 4) is 5.82 Å². The van der Waals surface area contributed by atoms with E-state index in [-0.39, 0.29) is 11.9 Å². The van der Waals surface area contributed by atoms with Crippen molar-refractivity contribution in [1.82, 2.24) is 24.6 Å². The van der Waals surface area contributed by atoms with Crippen molar-refractivity contribution in [2.24, 2.45) is 0 Å². The normalized spacial score (nSPS) is 14.2. The Hall–Kier alpha value is -3.39. The van der Waals surface area contributed by atoms with E-state index in [1.54, 1.807) is 57.1 Å². The van der Waals surface area contributed by atoms with E-state index in [2.05, 4.69) is 15.4 Å². The summed E-state index contributed by atoms with van der Waals surface area (Å²) in [7, 11) is 0. The molecule has 1 saturated heterocycles. The molecule has 166 valence electrons. The summed E-state index contributed by atoms with van der Waals surface area (Å²) in [6.07, 6.45) is 2.29. The number of carbonyl (C=O) groups excluding carboxylic acids is 2. The van der Waals surface area contributed by atoms with Crippen LogP contribution in [-0.2, 0) is 0 Å². The molecule has 32 heavy (non-hydrogen) atoms. The van der Waals surface area contributed by atoms with Gasteiger partial charge in [0.25, 0.3) is 5.91 Å². The van der Waals surface area contributed by atoms with E-state index in [0.29, 0.717) is 54.7 Å². The lowest BCUT2D eigenvalue weighted by atomic mass is 10.2. The maximum atomic E-state index is 13.0. The zero-order valence-electron chi connectivity index (χ0n) is 18.1. The van der Waals surface area contributed by atoms with Crippen molar-refractivity contribution in [2.75, 3.05) is 31.5 Å². The lowest BCUT2D eigenvalue weighted by molar-refractivity contribution is 0.0762. The average Bonchev–Trinajstić information content (AvgIpc) is 2.98. The number of pyridine rings is 1.